The molecule has 1 heterocycles. The number of nitrogens with one attached hydrogen (secondary N) is 1. The molecule has 3 rings (SSSR count). The highest BCUT2D eigenvalue weighted by Crippen LogP contribution is 2.28. The predicted molar refractivity (Wildman–Crippen MR) is 139 cm³/mol. The van der Waals surface area contributed by atoms with Crippen LogP contribution in [0.5, 0.6) is 0 Å². The van der Waals surface area contributed by atoms with Gasteiger partial charge in [0.2, 0.25) is 0 Å². The highest BCUT2D eigenvalue weighted by atomic mass is 19.1. The first-order chi connectivity index (χ1) is 18.1. The van der Waals surface area contributed by atoms with Crippen LogP contribution in [0.2, 0.25) is 0 Å². The molecule has 200 valence electrons. The second-order valence-corrected chi connectivity index (χ2v) is 9.40. The average molecular weight is 523 g/mol. The summed E-state index contributed by atoms with van der Waals surface area (Å²) in [5, 5.41) is 36.6. The number of hydrogen-bond donors (Lipinski definition) is 4. The van der Waals surface area contributed by atoms with Crippen molar-refractivity contribution >= 4 is 17.6 Å². The molecular formula is C28H31FN4O5. The molecule has 0 fully saturated rings. The number of halogens is 1. The number of amides is 1. The van der Waals surface area contributed by atoms with Gasteiger partial charge in [0, 0.05) is 17.8 Å². The zero-order valence-electron chi connectivity index (χ0n) is 21.3. The largest absolute Gasteiger partial charge is 0.481 e. The first-order valence-corrected chi connectivity index (χ1v) is 12.3. The smallest absolute Gasteiger partial charge is 0.305 e. The number of carboxylic acids is 1. The summed E-state index contributed by atoms with van der Waals surface area (Å²) in [6.07, 6.45) is -2.27. The number of aliphatic hydroxyl groups excluding tert-OH is 2. The van der Waals surface area contributed by atoms with Crippen molar-refractivity contribution in [2.45, 2.75) is 64.2 Å². The minimum Gasteiger partial charge on any atom is -0.481 e. The maximum Gasteiger partial charge on any atom is 0.305 e. The van der Waals surface area contributed by atoms with Crippen molar-refractivity contribution in [1.29, 1.82) is 0 Å². The molecule has 4 N–H and O–H groups in total. The van der Waals surface area contributed by atoms with Crippen LogP contribution in [0.4, 0.5) is 10.1 Å². The number of carbonyl (C=O) groups is 2. The quantitative estimate of drug-likeness (QED) is 0.265. The number of benzene rings is 2. The molecule has 2 atom stereocenters. The van der Waals surface area contributed by atoms with Crippen molar-refractivity contribution in [3.05, 3.63) is 88.3 Å². The van der Waals surface area contributed by atoms with Gasteiger partial charge in [0.15, 0.2) is 11.4 Å². The molecule has 1 aromatic heterocycles. The van der Waals surface area contributed by atoms with Gasteiger partial charge in [0.05, 0.1) is 30.9 Å². The molecule has 0 saturated carbocycles. The monoisotopic (exact) mass is 522 g/mol. The Labute approximate surface area is 220 Å². The highest BCUT2D eigenvalue weighted by molar-refractivity contribution is 5.94. The summed E-state index contributed by atoms with van der Waals surface area (Å²) in [4.78, 5) is 27.5. The number of carbonyl (C=O) groups excluding carboxylic acids is 1. The maximum absolute atomic E-state index is 13.6. The molecule has 38 heavy (non-hydrogen) atoms. The number of nitrogens with zero attached hydrogens (tertiary/aromatic N) is 3. The van der Waals surface area contributed by atoms with E-state index < -0.39 is 36.3 Å². The number of hydrogen-bond acceptors (Lipinski definition) is 5. The molecule has 9 nitrogen and oxygen atoms in total. The fourth-order valence-electron chi connectivity index (χ4n) is 4.30. The van der Waals surface area contributed by atoms with Gasteiger partial charge < -0.3 is 20.6 Å². The topological polar surface area (TPSA) is 129 Å². The zero-order chi connectivity index (χ0) is 27.8. The molecule has 0 saturated heterocycles. The summed E-state index contributed by atoms with van der Waals surface area (Å²) in [5.41, 5.74) is 3.28. The van der Waals surface area contributed by atoms with E-state index in [1.165, 1.54) is 12.1 Å². The molecule has 0 unspecified atom stereocenters. The molecule has 1 amide bonds. The lowest BCUT2D eigenvalue weighted by Gasteiger charge is -2.16. The Hall–Kier alpha value is -4.07. The SMILES string of the molecule is [C-]#[N+]c1cccc(CNC(=O)c2nn(-c3ccc(F)cc3)c(CC[C@@H](O)C[C@@H](O)CC(=O)O)c2C(C)C)c1. The van der Waals surface area contributed by atoms with Gasteiger partial charge in [0.1, 0.15) is 5.82 Å². The van der Waals surface area contributed by atoms with E-state index in [1.54, 1.807) is 41.1 Å². The Morgan fingerprint density at radius 2 is 1.84 bits per heavy atom. The van der Waals surface area contributed by atoms with Crippen LogP contribution in [0.3, 0.4) is 0 Å². The van der Waals surface area contributed by atoms with Gasteiger partial charge in [-0.05, 0) is 55.0 Å². The van der Waals surface area contributed by atoms with Crippen LogP contribution in [0.1, 0.15) is 66.3 Å². The molecule has 0 aliphatic rings. The average Bonchev–Trinajstić information content (AvgIpc) is 3.26. The number of carboxylic acid groups (broad SMARTS) is 1. The fourth-order valence-corrected chi connectivity index (χ4v) is 4.30. The molecule has 2 aromatic carbocycles. The lowest BCUT2D eigenvalue weighted by Crippen LogP contribution is -2.24. The lowest BCUT2D eigenvalue weighted by atomic mass is 9.95. The van der Waals surface area contributed by atoms with Crippen molar-refractivity contribution in [2.24, 2.45) is 0 Å². The minimum absolute atomic E-state index is 0.106. The van der Waals surface area contributed by atoms with Gasteiger partial charge in [-0.3, -0.25) is 9.59 Å². The van der Waals surface area contributed by atoms with Crippen LogP contribution in [-0.2, 0) is 17.8 Å². The molecule has 0 spiro atoms. The molecule has 0 bridgehead atoms. The first-order valence-electron chi connectivity index (χ1n) is 12.3. The zero-order valence-corrected chi connectivity index (χ0v) is 21.3. The van der Waals surface area contributed by atoms with Gasteiger partial charge >= 0.3 is 5.97 Å². The standard InChI is InChI=1S/C28H31FN4O5/c1-17(2)26-24(12-11-22(34)14-23(35)15-25(36)37)33(21-9-7-19(29)8-10-21)32-27(26)28(38)31-16-18-5-4-6-20(13-18)30-3/h4-10,13,17,22-23,34-35H,11-12,14-16H2,1-2H3,(H,31,38)(H,36,37)/t22-,23-/m1/s1. The summed E-state index contributed by atoms with van der Waals surface area (Å²) in [6.45, 7) is 11.2. The first kappa shape index (κ1) is 28.5. The van der Waals surface area contributed by atoms with Gasteiger partial charge in [-0.2, -0.15) is 5.10 Å². The molecule has 10 heteroatoms. The van der Waals surface area contributed by atoms with Crippen molar-refractivity contribution in [2.75, 3.05) is 0 Å². The van der Waals surface area contributed by atoms with Crippen LogP contribution in [0.25, 0.3) is 10.5 Å². The van der Waals surface area contributed by atoms with Gasteiger partial charge in [-0.1, -0.05) is 38.1 Å². The molecule has 3 aromatic rings. The third-order valence-corrected chi connectivity index (χ3v) is 6.05. The van der Waals surface area contributed by atoms with Crippen molar-refractivity contribution in [1.82, 2.24) is 15.1 Å². The van der Waals surface area contributed by atoms with E-state index in [0.29, 0.717) is 22.6 Å². The van der Waals surface area contributed by atoms with Gasteiger partial charge in [-0.25, -0.2) is 13.9 Å². The molecule has 0 radical (unpaired) electrons. The second-order valence-electron chi connectivity index (χ2n) is 9.40. The van der Waals surface area contributed by atoms with Crippen LogP contribution < -0.4 is 5.32 Å². The van der Waals surface area contributed by atoms with Crippen molar-refractivity contribution in [3.8, 4) is 5.69 Å². The van der Waals surface area contributed by atoms with E-state index >= 15 is 0 Å². The lowest BCUT2D eigenvalue weighted by molar-refractivity contribution is -0.139. The Balaban J connectivity index is 1.91. The van der Waals surface area contributed by atoms with Crippen molar-refractivity contribution < 1.29 is 29.3 Å². The van der Waals surface area contributed by atoms with E-state index in [-0.39, 0.29) is 37.4 Å². The van der Waals surface area contributed by atoms with E-state index in [1.807, 2.05) is 13.8 Å². The third kappa shape index (κ3) is 7.47. The Bertz CT molecular complexity index is 1310. The molecule has 0 aliphatic carbocycles. The number of aliphatic hydroxyl groups is 2. The Kier molecular flexibility index (Phi) is 9.71. The number of rotatable bonds is 12. The fraction of sp³-hybridized carbons (Fsp3) is 0.357. The second kappa shape index (κ2) is 12.9. The van der Waals surface area contributed by atoms with Crippen LogP contribution in [-0.4, -0.2) is 49.2 Å². The van der Waals surface area contributed by atoms with E-state index in [2.05, 4.69) is 15.3 Å². The summed E-state index contributed by atoms with van der Waals surface area (Å²) >= 11 is 0. The van der Waals surface area contributed by atoms with Gasteiger partial charge in [-0.15, -0.1) is 0 Å². The molecular weight excluding hydrogens is 491 g/mol. The Morgan fingerprint density at radius 1 is 1.13 bits per heavy atom. The summed E-state index contributed by atoms with van der Waals surface area (Å²) in [5.74, 6) is -2.12. The third-order valence-electron chi connectivity index (χ3n) is 6.05. The van der Waals surface area contributed by atoms with E-state index in [4.69, 9.17) is 11.7 Å². The summed E-state index contributed by atoms with van der Waals surface area (Å²) in [7, 11) is 0. The Morgan fingerprint density at radius 3 is 2.47 bits per heavy atom. The summed E-state index contributed by atoms with van der Waals surface area (Å²) < 4.78 is 15.2. The van der Waals surface area contributed by atoms with E-state index in [9.17, 15) is 24.2 Å². The highest BCUT2D eigenvalue weighted by Gasteiger charge is 2.26. The normalized spacial score (nSPS) is 12.7. The van der Waals surface area contributed by atoms with Crippen LogP contribution in [0.15, 0.2) is 48.5 Å². The number of aliphatic carboxylic acids is 1. The van der Waals surface area contributed by atoms with Crippen LogP contribution >= 0.6 is 0 Å². The van der Waals surface area contributed by atoms with E-state index in [0.717, 1.165) is 5.56 Å². The predicted octanol–water partition coefficient (Wildman–Crippen LogP) is 4.13. The number of aromatic nitrogens is 2. The molecule has 0 aliphatic heterocycles. The van der Waals surface area contributed by atoms with Crippen LogP contribution in [0, 0.1) is 12.4 Å². The van der Waals surface area contributed by atoms with Gasteiger partial charge in [0.25, 0.3) is 5.91 Å². The van der Waals surface area contributed by atoms with Crippen molar-refractivity contribution in [3.63, 3.8) is 0 Å². The summed E-state index contributed by atoms with van der Waals surface area (Å²) in [6, 6.07) is 12.6. The minimum atomic E-state index is -1.18. The maximum atomic E-state index is 13.6.